The van der Waals surface area contributed by atoms with Crippen LogP contribution in [-0.4, -0.2) is 36.9 Å². The zero-order valence-corrected chi connectivity index (χ0v) is 18.5. The maximum atomic E-state index is 12.0. The van der Waals surface area contributed by atoms with Crippen LogP contribution in [0.25, 0.3) is 33.5 Å². The Morgan fingerprint density at radius 3 is 2.60 bits per heavy atom. The number of benzene rings is 3. The lowest BCUT2D eigenvalue weighted by Gasteiger charge is -2.14. The first-order valence-corrected chi connectivity index (χ1v) is 11.2. The van der Waals surface area contributed by atoms with E-state index in [4.69, 9.17) is 9.26 Å². The van der Waals surface area contributed by atoms with Gasteiger partial charge in [-0.25, -0.2) is 9.59 Å². The molecule has 9 nitrogen and oxygen atoms in total. The van der Waals surface area contributed by atoms with E-state index >= 15 is 0 Å². The van der Waals surface area contributed by atoms with Gasteiger partial charge in [-0.15, -0.1) is 0 Å². The van der Waals surface area contributed by atoms with Crippen molar-refractivity contribution >= 4 is 17.0 Å². The number of aromatic carboxylic acids is 1. The van der Waals surface area contributed by atoms with Crippen molar-refractivity contribution in [1.82, 2.24) is 19.7 Å². The fourth-order valence-electron chi connectivity index (χ4n) is 4.19. The van der Waals surface area contributed by atoms with E-state index < -0.39 is 11.7 Å². The quantitative estimate of drug-likeness (QED) is 0.364. The zero-order chi connectivity index (χ0) is 23.9. The van der Waals surface area contributed by atoms with Gasteiger partial charge in [-0.2, -0.15) is 15.1 Å². The van der Waals surface area contributed by atoms with Gasteiger partial charge >= 0.3 is 11.7 Å². The minimum atomic E-state index is -1.03. The number of para-hydroxylation sites is 1. The van der Waals surface area contributed by atoms with E-state index in [1.165, 1.54) is 0 Å². The summed E-state index contributed by atoms with van der Waals surface area (Å²) in [5.74, 6) is -1.43. The molecule has 1 saturated carbocycles. The van der Waals surface area contributed by atoms with Crippen molar-refractivity contribution < 1.29 is 19.2 Å². The molecule has 2 aromatic heterocycles. The number of nitrogens with one attached hydrogen (secondary N) is 1. The van der Waals surface area contributed by atoms with E-state index in [1.807, 2.05) is 48.5 Å². The third-order valence-electron chi connectivity index (χ3n) is 5.96. The van der Waals surface area contributed by atoms with Gasteiger partial charge in [0.05, 0.1) is 23.1 Å². The number of hydrogen-bond acceptors (Lipinski definition) is 6. The van der Waals surface area contributed by atoms with Gasteiger partial charge in [-0.05, 0) is 47.7 Å². The minimum absolute atomic E-state index is 0.0927. The van der Waals surface area contributed by atoms with E-state index in [2.05, 4.69) is 15.1 Å². The molecule has 174 valence electrons. The highest BCUT2D eigenvalue weighted by Gasteiger charge is 2.28. The van der Waals surface area contributed by atoms with E-state index in [0.717, 1.165) is 29.5 Å². The molecule has 9 heteroatoms. The third kappa shape index (κ3) is 3.97. The van der Waals surface area contributed by atoms with Crippen LogP contribution in [0.5, 0.6) is 6.01 Å². The van der Waals surface area contributed by atoms with Crippen LogP contribution in [0.2, 0.25) is 0 Å². The van der Waals surface area contributed by atoms with Crippen molar-refractivity contribution in [2.45, 2.75) is 25.5 Å². The smallest absolute Gasteiger partial charge is 0.460 e. The predicted molar refractivity (Wildman–Crippen MR) is 127 cm³/mol. The summed E-state index contributed by atoms with van der Waals surface area (Å²) in [4.78, 5) is 32.2. The number of carboxylic acid groups (broad SMARTS) is 1. The molecule has 0 amide bonds. The summed E-state index contributed by atoms with van der Waals surface area (Å²) in [6.45, 7) is 0.312. The Morgan fingerprint density at radius 2 is 1.89 bits per heavy atom. The Bertz CT molecular complexity index is 1610. The van der Waals surface area contributed by atoms with Gasteiger partial charge in [0.2, 0.25) is 0 Å². The van der Waals surface area contributed by atoms with Crippen molar-refractivity contribution in [2.75, 3.05) is 0 Å². The van der Waals surface area contributed by atoms with E-state index in [-0.39, 0.29) is 11.7 Å². The van der Waals surface area contributed by atoms with Crippen molar-refractivity contribution in [1.29, 1.82) is 0 Å². The number of fused-ring (bicyclic) bond motifs is 1. The van der Waals surface area contributed by atoms with Crippen LogP contribution < -0.4 is 10.5 Å². The summed E-state index contributed by atoms with van der Waals surface area (Å²) in [6, 6.07) is 21.0. The molecule has 0 aliphatic heterocycles. The second-order valence-corrected chi connectivity index (χ2v) is 8.45. The molecule has 1 aliphatic rings. The molecule has 2 heterocycles. The van der Waals surface area contributed by atoms with Crippen LogP contribution in [0.3, 0.4) is 0 Å². The van der Waals surface area contributed by atoms with E-state index in [9.17, 15) is 14.7 Å². The molecule has 3 aromatic carbocycles. The molecule has 35 heavy (non-hydrogen) atoms. The summed E-state index contributed by atoms with van der Waals surface area (Å²) < 4.78 is 12.7. The van der Waals surface area contributed by atoms with E-state index in [1.54, 1.807) is 22.8 Å². The van der Waals surface area contributed by atoms with Gasteiger partial charge in [0, 0.05) is 5.56 Å². The van der Waals surface area contributed by atoms with Gasteiger partial charge < -0.3 is 14.4 Å². The van der Waals surface area contributed by atoms with Gasteiger partial charge in [0.25, 0.3) is 6.01 Å². The highest BCUT2D eigenvalue weighted by atomic mass is 16.5. The average Bonchev–Trinajstić information content (AvgIpc) is 3.48. The summed E-state index contributed by atoms with van der Waals surface area (Å²) in [6.07, 6.45) is 1.99. The maximum absolute atomic E-state index is 12.0. The topological polar surface area (TPSA) is 123 Å². The number of aromatic amines is 1. The first-order chi connectivity index (χ1) is 17.1. The molecular formula is C26H20N4O5. The molecule has 0 radical (unpaired) electrons. The number of aromatic nitrogens is 4. The summed E-state index contributed by atoms with van der Waals surface area (Å²) in [5.41, 5.74) is 4.58. The number of nitrogens with zero attached hydrogens (tertiary/aromatic N) is 3. The normalized spacial score (nSPS) is 13.3. The Balaban J connectivity index is 1.49. The Hall–Kier alpha value is -4.66. The third-order valence-corrected chi connectivity index (χ3v) is 5.96. The SMILES string of the molecule is O=C(O)c1cccc2nc(OC3CC3)n(Cc3ccc(-c4ccccc4)c(-c4nc(=O)o[nH]4)c3)c12. The fourth-order valence-corrected chi connectivity index (χ4v) is 4.19. The van der Waals surface area contributed by atoms with Crippen molar-refractivity contribution in [2.24, 2.45) is 0 Å². The van der Waals surface area contributed by atoms with Gasteiger partial charge in [-0.3, -0.25) is 4.57 Å². The largest absolute Gasteiger partial charge is 0.478 e. The van der Waals surface area contributed by atoms with Crippen LogP contribution >= 0.6 is 0 Å². The van der Waals surface area contributed by atoms with Crippen LogP contribution in [-0.2, 0) is 6.54 Å². The molecule has 0 spiro atoms. The van der Waals surface area contributed by atoms with Gasteiger partial charge in [0.15, 0.2) is 5.82 Å². The van der Waals surface area contributed by atoms with Crippen molar-refractivity contribution in [3.8, 4) is 28.5 Å². The molecule has 1 fully saturated rings. The number of rotatable bonds is 7. The fraction of sp³-hybridized carbons (Fsp3) is 0.154. The van der Waals surface area contributed by atoms with E-state index in [0.29, 0.717) is 35.0 Å². The van der Waals surface area contributed by atoms with Crippen molar-refractivity contribution in [3.63, 3.8) is 0 Å². The van der Waals surface area contributed by atoms with Crippen LogP contribution in [0.4, 0.5) is 0 Å². The maximum Gasteiger partial charge on any atom is 0.460 e. The summed E-state index contributed by atoms with van der Waals surface area (Å²) in [7, 11) is 0. The summed E-state index contributed by atoms with van der Waals surface area (Å²) >= 11 is 0. The average molecular weight is 468 g/mol. The molecule has 0 bridgehead atoms. The van der Waals surface area contributed by atoms with Gasteiger partial charge in [-0.1, -0.05) is 48.5 Å². The molecule has 0 atom stereocenters. The summed E-state index contributed by atoms with van der Waals surface area (Å²) in [5, 5.41) is 12.4. The number of imidazole rings is 1. The van der Waals surface area contributed by atoms with Crippen LogP contribution in [0.1, 0.15) is 28.8 Å². The Morgan fingerprint density at radius 1 is 1.06 bits per heavy atom. The Labute approximate surface area is 198 Å². The monoisotopic (exact) mass is 468 g/mol. The predicted octanol–water partition coefficient (Wildman–Crippen LogP) is 4.33. The first kappa shape index (κ1) is 20.9. The van der Waals surface area contributed by atoms with Gasteiger partial charge in [0.1, 0.15) is 6.10 Å². The molecule has 5 aromatic rings. The molecule has 0 saturated heterocycles. The Kier molecular flexibility index (Phi) is 4.95. The van der Waals surface area contributed by atoms with Crippen molar-refractivity contribution in [3.05, 3.63) is 88.4 Å². The lowest BCUT2D eigenvalue weighted by Crippen LogP contribution is -2.09. The second kappa shape index (κ2) is 8.28. The second-order valence-electron chi connectivity index (χ2n) is 8.45. The van der Waals surface area contributed by atoms with Crippen LogP contribution in [0, 0.1) is 0 Å². The van der Waals surface area contributed by atoms with Crippen LogP contribution in [0.15, 0.2) is 76.0 Å². The number of hydrogen-bond donors (Lipinski definition) is 2. The number of H-pyrrole nitrogens is 1. The zero-order valence-electron chi connectivity index (χ0n) is 18.5. The highest BCUT2D eigenvalue weighted by Crippen LogP contribution is 2.34. The number of carbonyl (C=O) groups is 1. The lowest BCUT2D eigenvalue weighted by atomic mass is 9.97. The highest BCUT2D eigenvalue weighted by molar-refractivity contribution is 6.01. The molecule has 0 unspecified atom stereocenters. The number of carboxylic acids is 1. The minimum Gasteiger partial charge on any atom is -0.478 e. The molecule has 2 N–H and O–H groups in total. The molecule has 1 aliphatic carbocycles. The lowest BCUT2D eigenvalue weighted by molar-refractivity contribution is 0.0698. The molecule has 6 rings (SSSR count). The molecular weight excluding hydrogens is 448 g/mol. The standard InChI is InChI=1S/C26H20N4O5/c31-24(32)19-7-4-8-21-22(19)30(25(27-21)34-17-10-11-17)14-15-9-12-18(16-5-2-1-3-6-16)20(13-15)23-28-26(33)35-29-23/h1-9,12-13,17H,10-11,14H2,(H,31,32)(H,28,29,33). The first-order valence-electron chi connectivity index (χ1n) is 11.2. The number of ether oxygens (including phenoxy) is 1.